The Morgan fingerprint density at radius 2 is 1.83 bits per heavy atom. The van der Waals surface area contributed by atoms with Crippen LogP contribution in [0.4, 0.5) is 0 Å². The first kappa shape index (κ1) is 14.5. The molecule has 7 heteroatoms. The van der Waals surface area contributed by atoms with Crippen LogP contribution in [0.3, 0.4) is 0 Å². The predicted octanol–water partition coefficient (Wildman–Crippen LogP) is 1.03. The van der Waals surface area contributed by atoms with Crippen LogP contribution in [-0.2, 0) is 19.5 Å². The molecule has 0 saturated carbocycles. The summed E-state index contributed by atoms with van der Waals surface area (Å²) in [5, 5.41) is 0. The van der Waals surface area contributed by atoms with Crippen LogP contribution in [0.5, 0.6) is 0 Å². The van der Waals surface area contributed by atoms with Crippen LogP contribution < -0.4 is 0 Å². The molecule has 106 valence electrons. The molecule has 2 aliphatic rings. The maximum Gasteiger partial charge on any atom is 0.214 e. The highest BCUT2D eigenvalue weighted by Crippen LogP contribution is 2.32. The van der Waals surface area contributed by atoms with Gasteiger partial charge in [0.25, 0.3) is 0 Å². The number of sulfonamides is 1. The van der Waals surface area contributed by atoms with Gasteiger partial charge in [-0.3, -0.25) is 0 Å². The Morgan fingerprint density at radius 1 is 1.28 bits per heavy atom. The van der Waals surface area contributed by atoms with Crippen molar-refractivity contribution in [3.05, 3.63) is 0 Å². The first-order chi connectivity index (χ1) is 8.47. The third kappa shape index (κ3) is 3.17. The summed E-state index contributed by atoms with van der Waals surface area (Å²) >= 11 is 5.67. The molecule has 0 aromatic rings. The summed E-state index contributed by atoms with van der Waals surface area (Å²) in [6.07, 6.45) is 1.23. The fourth-order valence-corrected chi connectivity index (χ4v) is 4.43. The Kier molecular flexibility index (Phi) is 4.54. The Labute approximate surface area is 113 Å². The zero-order valence-electron chi connectivity index (χ0n) is 10.6. The normalized spacial score (nSPS) is 26.6. The molecular formula is C11H20ClNO4S. The first-order valence-corrected chi connectivity index (χ1v) is 8.43. The minimum atomic E-state index is -3.20. The van der Waals surface area contributed by atoms with E-state index < -0.39 is 15.8 Å². The number of piperidine rings is 1. The van der Waals surface area contributed by atoms with E-state index in [1.165, 1.54) is 4.31 Å². The lowest BCUT2D eigenvalue weighted by Crippen LogP contribution is -2.48. The number of nitrogens with zero attached hydrogens (tertiary/aromatic N) is 1. The van der Waals surface area contributed by atoms with Crippen LogP contribution in [0.1, 0.15) is 19.8 Å². The molecule has 0 radical (unpaired) electrons. The lowest BCUT2D eigenvalue weighted by molar-refractivity contribution is -0.179. The molecule has 1 unspecified atom stereocenters. The molecule has 0 N–H and O–H groups in total. The predicted molar refractivity (Wildman–Crippen MR) is 69.1 cm³/mol. The van der Waals surface area contributed by atoms with Gasteiger partial charge < -0.3 is 9.47 Å². The van der Waals surface area contributed by atoms with Crippen molar-refractivity contribution in [1.82, 2.24) is 4.31 Å². The standard InChI is InChI=1S/C11H20ClNO4S/c1-10(8-12)9-18(14,15)13-4-2-11(3-5-13)16-6-7-17-11/h10H,2-9H2,1H3. The number of ether oxygens (including phenoxy) is 2. The summed E-state index contributed by atoms with van der Waals surface area (Å²) in [4.78, 5) is 0. The van der Waals surface area contributed by atoms with Gasteiger partial charge in [0.15, 0.2) is 5.79 Å². The van der Waals surface area contributed by atoms with E-state index in [-0.39, 0.29) is 11.7 Å². The van der Waals surface area contributed by atoms with Gasteiger partial charge in [-0.15, -0.1) is 11.6 Å². The van der Waals surface area contributed by atoms with Gasteiger partial charge in [-0.1, -0.05) is 6.92 Å². The third-order valence-electron chi connectivity index (χ3n) is 3.45. The molecule has 2 heterocycles. The largest absolute Gasteiger partial charge is 0.347 e. The van der Waals surface area contributed by atoms with Crippen molar-refractivity contribution >= 4 is 21.6 Å². The Balaban J connectivity index is 1.92. The van der Waals surface area contributed by atoms with Gasteiger partial charge in [0.05, 0.1) is 19.0 Å². The monoisotopic (exact) mass is 297 g/mol. The maximum absolute atomic E-state index is 12.1. The molecule has 0 aromatic carbocycles. The van der Waals surface area contributed by atoms with Gasteiger partial charge in [-0.2, -0.15) is 0 Å². The van der Waals surface area contributed by atoms with Gasteiger partial charge in [-0.25, -0.2) is 12.7 Å². The average Bonchev–Trinajstić information content (AvgIpc) is 2.77. The fourth-order valence-electron chi connectivity index (χ4n) is 2.40. The van der Waals surface area contributed by atoms with E-state index >= 15 is 0 Å². The molecule has 0 aromatic heterocycles. The van der Waals surface area contributed by atoms with E-state index in [0.29, 0.717) is 45.0 Å². The number of alkyl halides is 1. The molecule has 2 aliphatic heterocycles. The van der Waals surface area contributed by atoms with Crippen molar-refractivity contribution in [2.45, 2.75) is 25.6 Å². The molecule has 0 aliphatic carbocycles. The summed E-state index contributed by atoms with van der Waals surface area (Å²) in [7, 11) is -3.20. The highest BCUT2D eigenvalue weighted by Gasteiger charge is 2.42. The van der Waals surface area contributed by atoms with E-state index in [2.05, 4.69) is 0 Å². The number of hydrogen-bond acceptors (Lipinski definition) is 4. The average molecular weight is 298 g/mol. The summed E-state index contributed by atoms with van der Waals surface area (Å²) in [5.41, 5.74) is 0. The second-order valence-corrected chi connectivity index (χ2v) is 7.37. The SMILES string of the molecule is CC(CCl)CS(=O)(=O)N1CCC2(CC1)OCCO2. The van der Waals surface area contributed by atoms with Crippen molar-refractivity contribution in [3.63, 3.8) is 0 Å². The van der Waals surface area contributed by atoms with Crippen LogP contribution in [0.2, 0.25) is 0 Å². The molecule has 1 atom stereocenters. The summed E-state index contributed by atoms with van der Waals surface area (Å²) in [5.74, 6) is -0.0648. The van der Waals surface area contributed by atoms with E-state index in [1.54, 1.807) is 0 Å². The minimum absolute atomic E-state index is 0.0217. The minimum Gasteiger partial charge on any atom is -0.347 e. The summed E-state index contributed by atoms with van der Waals surface area (Å²) < 4.78 is 37.0. The molecule has 5 nitrogen and oxygen atoms in total. The smallest absolute Gasteiger partial charge is 0.214 e. The maximum atomic E-state index is 12.1. The molecular weight excluding hydrogens is 278 g/mol. The molecule has 2 rings (SSSR count). The highest BCUT2D eigenvalue weighted by molar-refractivity contribution is 7.89. The Bertz CT molecular complexity index is 371. The lowest BCUT2D eigenvalue weighted by atomic mass is 10.1. The Morgan fingerprint density at radius 3 is 2.33 bits per heavy atom. The molecule has 0 bridgehead atoms. The van der Waals surface area contributed by atoms with Crippen molar-refractivity contribution in [1.29, 1.82) is 0 Å². The number of halogens is 1. The molecule has 2 saturated heterocycles. The topological polar surface area (TPSA) is 55.8 Å². The van der Waals surface area contributed by atoms with Crippen LogP contribution in [0.25, 0.3) is 0 Å². The van der Waals surface area contributed by atoms with E-state index in [4.69, 9.17) is 21.1 Å². The molecule has 18 heavy (non-hydrogen) atoms. The second-order valence-electron chi connectivity index (χ2n) is 5.04. The Hall–Kier alpha value is 0.120. The van der Waals surface area contributed by atoms with Gasteiger partial charge in [0.1, 0.15) is 0 Å². The van der Waals surface area contributed by atoms with Crippen molar-refractivity contribution in [2.24, 2.45) is 5.92 Å². The van der Waals surface area contributed by atoms with Crippen molar-refractivity contribution < 1.29 is 17.9 Å². The van der Waals surface area contributed by atoms with Crippen LogP contribution in [-0.4, -0.2) is 56.4 Å². The van der Waals surface area contributed by atoms with E-state index in [1.807, 2.05) is 6.92 Å². The van der Waals surface area contributed by atoms with Crippen molar-refractivity contribution in [3.8, 4) is 0 Å². The number of hydrogen-bond donors (Lipinski definition) is 0. The molecule has 0 amide bonds. The van der Waals surface area contributed by atoms with E-state index in [0.717, 1.165) is 0 Å². The molecule has 1 spiro atoms. The quantitative estimate of drug-likeness (QED) is 0.727. The lowest BCUT2D eigenvalue weighted by Gasteiger charge is -2.37. The van der Waals surface area contributed by atoms with Gasteiger partial charge >= 0.3 is 0 Å². The fraction of sp³-hybridized carbons (Fsp3) is 1.00. The third-order valence-corrected chi connectivity index (χ3v) is 6.12. The second kappa shape index (κ2) is 5.63. The van der Waals surface area contributed by atoms with Crippen molar-refractivity contribution in [2.75, 3.05) is 37.9 Å². The molecule has 2 fully saturated rings. The zero-order chi connectivity index (χ0) is 13.2. The van der Waals surface area contributed by atoms with Gasteiger partial charge in [0.2, 0.25) is 10.0 Å². The summed E-state index contributed by atoms with van der Waals surface area (Å²) in [6.45, 7) is 4.00. The van der Waals surface area contributed by atoms with E-state index in [9.17, 15) is 8.42 Å². The summed E-state index contributed by atoms with van der Waals surface area (Å²) in [6, 6.07) is 0. The van der Waals surface area contributed by atoms with Gasteiger partial charge in [0, 0.05) is 31.8 Å². The number of rotatable bonds is 4. The van der Waals surface area contributed by atoms with Crippen LogP contribution in [0.15, 0.2) is 0 Å². The highest BCUT2D eigenvalue weighted by atomic mass is 35.5. The first-order valence-electron chi connectivity index (χ1n) is 6.29. The van der Waals surface area contributed by atoms with Crippen LogP contribution in [0, 0.1) is 5.92 Å². The van der Waals surface area contributed by atoms with Gasteiger partial charge in [-0.05, 0) is 5.92 Å². The van der Waals surface area contributed by atoms with Crippen LogP contribution >= 0.6 is 11.6 Å². The zero-order valence-corrected chi connectivity index (χ0v) is 12.2.